The van der Waals surface area contributed by atoms with E-state index in [2.05, 4.69) is 17.7 Å². The molecule has 0 spiro atoms. The molecule has 2 saturated carbocycles. The van der Waals surface area contributed by atoms with Crippen LogP contribution >= 0.6 is 0 Å². The fraction of sp³-hybridized carbons (Fsp3) is 0.769. The summed E-state index contributed by atoms with van der Waals surface area (Å²) in [5.74, 6) is 0.739. The summed E-state index contributed by atoms with van der Waals surface area (Å²) in [4.78, 5) is 0. The quantitative estimate of drug-likeness (QED) is 0.849. The molecule has 16 heavy (non-hydrogen) atoms. The van der Waals surface area contributed by atoms with Crippen LogP contribution in [0.2, 0.25) is 0 Å². The van der Waals surface area contributed by atoms with Crippen molar-refractivity contribution >= 4 is 0 Å². The topological polar surface area (TPSA) is 43.8 Å². The summed E-state index contributed by atoms with van der Waals surface area (Å²) in [6, 6.07) is 2.28. The first kappa shape index (κ1) is 10.3. The van der Waals surface area contributed by atoms with Crippen LogP contribution in [-0.2, 0) is 12.1 Å². The Labute approximate surface area is 97.0 Å². The standard InChI is InChI=1S/C13H21N3/c1-2-16-11(10-5-3-4-6-10)9-12(15-16)13(14)7-8-13/h9-10H,2-8,14H2,1H3. The Balaban J connectivity index is 1.93. The highest BCUT2D eigenvalue weighted by Gasteiger charge is 2.43. The lowest BCUT2D eigenvalue weighted by molar-refractivity contribution is 0.556. The van der Waals surface area contributed by atoms with Crippen LogP contribution in [0.4, 0.5) is 0 Å². The maximum atomic E-state index is 6.23. The second-order valence-corrected chi connectivity index (χ2v) is 5.41. The lowest BCUT2D eigenvalue weighted by Gasteiger charge is -2.10. The van der Waals surface area contributed by atoms with Gasteiger partial charge in [-0.25, -0.2) is 0 Å². The van der Waals surface area contributed by atoms with Crippen LogP contribution in [-0.4, -0.2) is 9.78 Å². The van der Waals surface area contributed by atoms with Gasteiger partial charge in [0.25, 0.3) is 0 Å². The summed E-state index contributed by atoms with van der Waals surface area (Å²) >= 11 is 0. The van der Waals surface area contributed by atoms with Gasteiger partial charge in [-0.2, -0.15) is 5.10 Å². The largest absolute Gasteiger partial charge is 0.320 e. The lowest BCUT2D eigenvalue weighted by atomic mass is 10.0. The SMILES string of the molecule is CCn1nc(C2(N)CC2)cc1C1CCCC1. The molecule has 0 unspecified atom stereocenters. The minimum Gasteiger partial charge on any atom is -0.320 e. The van der Waals surface area contributed by atoms with E-state index in [1.807, 2.05) is 0 Å². The zero-order chi connectivity index (χ0) is 11.2. The first-order valence-electron chi connectivity index (χ1n) is 6.60. The van der Waals surface area contributed by atoms with Gasteiger partial charge < -0.3 is 5.73 Å². The van der Waals surface area contributed by atoms with Crippen molar-refractivity contribution in [1.82, 2.24) is 9.78 Å². The summed E-state index contributed by atoms with van der Waals surface area (Å²) in [7, 11) is 0. The van der Waals surface area contributed by atoms with E-state index in [9.17, 15) is 0 Å². The van der Waals surface area contributed by atoms with Crippen molar-refractivity contribution in [3.05, 3.63) is 17.5 Å². The van der Waals surface area contributed by atoms with Crippen molar-refractivity contribution in [1.29, 1.82) is 0 Å². The molecule has 2 aliphatic carbocycles. The minimum atomic E-state index is -0.0756. The first-order valence-corrected chi connectivity index (χ1v) is 6.60. The van der Waals surface area contributed by atoms with Crippen molar-refractivity contribution in [2.75, 3.05) is 0 Å². The van der Waals surface area contributed by atoms with Gasteiger partial charge in [0, 0.05) is 18.2 Å². The van der Waals surface area contributed by atoms with Gasteiger partial charge in [0.15, 0.2) is 0 Å². The fourth-order valence-electron chi connectivity index (χ4n) is 2.87. The summed E-state index contributed by atoms with van der Waals surface area (Å²) in [6.45, 7) is 3.15. The van der Waals surface area contributed by atoms with Crippen molar-refractivity contribution in [2.24, 2.45) is 5.73 Å². The van der Waals surface area contributed by atoms with E-state index in [1.165, 1.54) is 31.4 Å². The molecule has 3 nitrogen and oxygen atoms in total. The summed E-state index contributed by atoms with van der Waals surface area (Å²) < 4.78 is 2.18. The molecule has 0 amide bonds. The molecule has 0 radical (unpaired) electrons. The molecule has 0 aliphatic heterocycles. The third-order valence-electron chi connectivity index (χ3n) is 4.18. The molecular formula is C13H21N3. The second-order valence-electron chi connectivity index (χ2n) is 5.41. The predicted molar refractivity (Wildman–Crippen MR) is 64.2 cm³/mol. The van der Waals surface area contributed by atoms with E-state index < -0.39 is 0 Å². The molecule has 1 heterocycles. The fourth-order valence-corrected chi connectivity index (χ4v) is 2.87. The van der Waals surface area contributed by atoms with E-state index in [-0.39, 0.29) is 5.54 Å². The number of hydrogen-bond acceptors (Lipinski definition) is 2. The molecule has 1 aromatic rings. The van der Waals surface area contributed by atoms with E-state index in [0.717, 1.165) is 31.0 Å². The van der Waals surface area contributed by atoms with Crippen molar-refractivity contribution in [3.63, 3.8) is 0 Å². The average Bonchev–Trinajstić information content (AvgIpc) is 2.79. The van der Waals surface area contributed by atoms with Gasteiger partial charge >= 0.3 is 0 Å². The van der Waals surface area contributed by atoms with Crippen LogP contribution < -0.4 is 5.73 Å². The number of nitrogens with zero attached hydrogens (tertiary/aromatic N) is 2. The van der Waals surface area contributed by atoms with Crippen molar-refractivity contribution in [2.45, 2.75) is 63.5 Å². The normalized spacial score (nSPS) is 23.9. The highest BCUT2D eigenvalue weighted by molar-refractivity contribution is 5.26. The van der Waals surface area contributed by atoms with E-state index in [1.54, 1.807) is 0 Å². The van der Waals surface area contributed by atoms with Gasteiger partial charge in [-0.1, -0.05) is 12.8 Å². The van der Waals surface area contributed by atoms with Gasteiger partial charge in [0.05, 0.1) is 11.2 Å². The van der Waals surface area contributed by atoms with Crippen LogP contribution in [0, 0.1) is 0 Å². The molecule has 2 fully saturated rings. The highest BCUT2D eigenvalue weighted by atomic mass is 15.3. The molecule has 1 aromatic heterocycles. The smallest absolute Gasteiger partial charge is 0.0826 e. The van der Waals surface area contributed by atoms with Gasteiger partial charge in [-0.05, 0) is 38.7 Å². The molecule has 2 aliphatic rings. The zero-order valence-corrected chi connectivity index (χ0v) is 10.1. The summed E-state index contributed by atoms with van der Waals surface area (Å²) in [5, 5.41) is 4.70. The number of aryl methyl sites for hydroxylation is 1. The van der Waals surface area contributed by atoms with Crippen LogP contribution in [0.5, 0.6) is 0 Å². The Morgan fingerprint density at radius 3 is 2.69 bits per heavy atom. The monoisotopic (exact) mass is 219 g/mol. The molecule has 0 aromatic carbocycles. The van der Waals surface area contributed by atoms with Crippen LogP contribution in [0.25, 0.3) is 0 Å². The van der Waals surface area contributed by atoms with Crippen molar-refractivity contribution < 1.29 is 0 Å². The number of rotatable bonds is 3. The Kier molecular flexibility index (Phi) is 2.32. The molecule has 2 N–H and O–H groups in total. The second kappa shape index (κ2) is 3.59. The Morgan fingerprint density at radius 1 is 1.44 bits per heavy atom. The van der Waals surface area contributed by atoms with Crippen LogP contribution in [0.1, 0.15) is 62.8 Å². The maximum absolute atomic E-state index is 6.23. The molecule has 3 heteroatoms. The lowest BCUT2D eigenvalue weighted by Crippen LogP contribution is -2.19. The molecule has 3 rings (SSSR count). The zero-order valence-electron chi connectivity index (χ0n) is 10.1. The van der Waals surface area contributed by atoms with E-state index in [0.29, 0.717) is 0 Å². The maximum Gasteiger partial charge on any atom is 0.0826 e. The number of nitrogens with two attached hydrogens (primary N) is 1. The molecular weight excluding hydrogens is 198 g/mol. The highest BCUT2D eigenvalue weighted by Crippen LogP contribution is 2.43. The average molecular weight is 219 g/mol. The minimum absolute atomic E-state index is 0.0756. The Hall–Kier alpha value is -0.830. The first-order chi connectivity index (χ1) is 7.73. The van der Waals surface area contributed by atoms with Gasteiger partial charge in [0.1, 0.15) is 0 Å². The van der Waals surface area contributed by atoms with Gasteiger partial charge in [-0.3, -0.25) is 4.68 Å². The molecule has 88 valence electrons. The number of aromatic nitrogens is 2. The predicted octanol–water partition coefficient (Wildman–Crippen LogP) is 2.51. The van der Waals surface area contributed by atoms with E-state index in [4.69, 9.17) is 10.8 Å². The van der Waals surface area contributed by atoms with Gasteiger partial charge in [0.2, 0.25) is 0 Å². The number of hydrogen-bond donors (Lipinski definition) is 1. The van der Waals surface area contributed by atoms with Gasteiger partial charge in [-0.15, -0.1) is 0 Å². The van der Waals surface area contributed by atoms with Crippen molar-refractivity contribution in [3.8, 4) is 0 Å². The van der Waals surface area contributed by atoms with E-state index >= 15 is 0 Å². The molecule has 0 saturated heterocycles. The molecule has 0 bridgehead atoms. The van der Waals surface area contributed by atoms with Crippen LogP contribution in [0.3, 0.4) is 0 Å². The van der Waals surface area contributed by atoms with Crippen LogP contribution in [0.15, 0.2) is 6.07 Å². The Morgan fingerprint density at radius 2 is 2.12 bits per heavy atom. The third-order valence-corrected chi connectivity index (χ3v) is 4.18. The third kappa shape index (κ3) is 1.58. The molecule has 0 atom stereocenters. The summed E-state index contributed by atoms with van der Waals surface area (Å²) in [5.41, 5.74) is 8.72. The summed E-state index contributed by atoms with van der Waals surface area (Å²) in [6.07, 6.45) is 7.65. The Bertz CT molecular complexity index is 384.